The van der Waals surface area contributed by atoms with Crippen LogP contribution in [0.25, 0.3) is 10.9 Å². The van der Waals surface area contributed by atoms with E-state index >= 15 is 0 Å². The third-order valence-corrected chi connectivity index (χ3v) is 6.80. The van der Waals surface area contributed by atoms with Crippen molar-refractivity contribution in [1.82, 2.24) is 10.3 Å². The Hall–Kier alpha value is -3.31. The number of nitrogens with zero attached hydrogens (tertiary/aromatic N) is 1. The second-order valence-corrected chi connectivity index (χ2v) is 9.78. The van der Waals surface area contributed by atoms with Crippen molar-refractivity contribution >= 4 is 34.2 Å². The Morgan fingerprint density at radius 2 is 1.97 bits per heavy atom. The van der Waals surface area contributed by atoms with Gasteiger partial charge < -0.3 is 39.1 Å². The highest BCUT2D eigenvalue weighted by Gasteiger charge is 2.19. The van der Waals surface area contributed by atoms with Gasteiger partial charge in [-0.3, -0.25) is 4.98 Å². The number of pyridine rings is 1. The summed E-state index contributed by atoms with van der Waals surface area (Å²) in [5.74, 6) is 2.60. The Kier molecular flexibility index (Phi) is 9.20. The lowest BCUT2D eigenvalue weighted by Gasteiger charge is -2.25. The molecule has 0 radical (unpaired) electrons. The summed E-state index contributed by atoms with van der Waals surface area (Å²) in [5.41, 5.74) is 1.18. The lowest BCUT2D eigenvalue weighted by atomic mass is 10.1. The molecule has 0 saturated carbocycles. The minimum absolute atomic E-state index is 0.201. The normalized spacial score (nSPS) is 17.0. The van der Waals surface area contributed by atoms with E-state index in [0.717, 1.165) is 24.8 Å². The third kappa shape index (κ3) is 7.21. The van der Waals surface area contributed by atoms with Crippen molar-refractivity contribution < 1.29 is 33.2 Å². The molecule has 208 valence electrons. The number of carbonyl (C=O) groups excluding carboxylic acids is 1. The van der Waals surface area contributed by atoms with Crippen LogP contribution < -0.4 is 24.8 Å². The molecule has 1 unspecified atom stereocenters. The lowest BCUT2D eigenvalue weighted by molar-refractivity contribution is -0.130. The van der Waals surface area contributed by atoms with Crippen LogP contribution in [0.3, 0.4) is 0 Å². The molecule has 2 fully saturated rings. The van der Waals surface area contributed by atoms with E-state index in [9.17, 15) is 4.79 Å². The molecule has 11 heteroatoms. The quantitative estimate of drug-likeness (QED) is 0.298. The second-order valence-electron chi connectivity index (χ2n) is 9.37. The van der Waals surface area contributed by atoms with Crippen LogP contribution in [0, 0.1) is 5.92 Å². The van der Waals surface area contributed by atoms with Gasteiger partial charge in [-0.1, -0.05) is 11.6 Å². The van der Waals surface area contributed by atoms with Gasteiger partial charge in [0, 0.05) is 49.2 Å². The van der Waals surface area contributed by atoms with Gasteiger partial charge >= 0.3 is 6.03 Å². The van der Waals surface area contributed by atoms with Crippen molar-refractivity contribution in [3.63, 3.8) is 0 Å². The van der Waals surface area contributed by atoms with Crippen LogP contribution in [0.2, 0.25) is 5.02 Å². The van der Waals surface area contributed by atoms with E-state index in [2.05, 4.69) is 15.6 Å². The standard InChI is InChI=1S/C28H32ClN3O7/c1-34-26-12-21-24(13-27(26)38-9-2-8-37-20-16-36-17-20)30-7-5-25(21)39-19-3-4-23(22(29)11-19)32-28(33)31-14-18-6-10-35-15-18/h3-5,7,11-13,18,20H,2,6,8-10,14-17H2,1H3,(H2,31,32,33). The zero-order valence-electron chi connectivity index (χ0n) is 21.7. The number of hydrogen-bond acceptors (Lipinski definition) is 8. The maximum atomic E-state index is 12.3. The first kappa shape index (κ1) is 27.3. The number of nitrogens with one attached hydrogen (secondary N) is 2. The number of amides is 2. The first-order chi connectivity index (χ1) is 19.1. The maximum absolute atomic E-state index is 12.3. The molecule has 10 nitrogen and oxygen atoms in total. The van der Waals surface area contributed by atoms with E-state index < -0.39 is 0 Å². The average molecular weight is 558 g/mol. The van der Waals surface area contributed by atoms with E-state index in [4.69, 9.17) is 40.0 Å². The van der Waals surface area contributed by atoms with E-state index in [1.54, 1.807) is 37.6 Å². The fraction of sp³-hybridized carbons (Fsp3) is 0.429. The fourth-order valence-corrected chi connectivity index (χ4v) is 4.44. The molecule has 2 saturated heterocycles. The van der Waals surface area contributed by atoms with Gasteiger partial charge in [0.2, 0.25) is 0 Å². The zero-order valence-corrected chi connectivity index (χ0v) is 22.5. The minimum atomic E-state index is -0.316. The number of rotatable bonds is 12. The van der Waals surface area contributed by atoms with Gasteiger partial charge in [0.1, 0.15) is 17.6 Å². The molecule has 2 aromatic carbocycles. The highest BCUT2D eigenvalue weighted by Crippen LogP contribution is 2.38. The molecule has 5 rings (SSSR count). The highest BCUT2D eigenvalue weighted by atomic mass is 35.5. The molecule has 1 atom stereocenters. The van der Waals surface area contributed by atoms with Crippen LogP contribution in [-0.2, 0) is 14.2 Å². The van der Waals surface area contributed by atoms with Crippen molar-refractivity contribution in [3.8, 4) is 23.0 Å². The number of halogens is 1. The van der Waals surface area contributed by atoms with Gasteiger partial charge in [-0.05, 0) is 30.7 Å². The van der Waals surface area contributed by atoms with E-state index in [1.807, 2.05) is 12.1 Å². The monoisotopic (exact) mass is 557 g/mol. The predicted molar refractivity (Wildman–Crippen MR) is 146 cm³/mol. The number of urea groups is 1. The van der Waals surface area contributed by atoms with Gasteiger partial charge in [-0.25, -0.2) is 4.79 Å². The van der Waals surface area contributed by atoms with Crippen molar-refractivity contribution in [3.05, 3.63) is 47.6 Å². The van der Waals surface area contributed by atoms with Crippen molar-refractivity contribution in [2.75, 3.05) is 58.6 Å². The summed E-state index contributed by atoms with van der Waals surface area (Å²) in [6, 6.07) is 10.2. The molecule has 1 aromatic heterocycles. The largest absolute Gasteiger partial charge is 0.493 e. The van der Waals surface area contributed by atoms with Gasteiger partial charge in [-0.15, -0.1) is 0 Å². The smallest absolute Gasteiger partial charge is 0.319 e. The van der Waals surface area contributed by atoms with Crippen LogP contribution >= 0.6 is 11.6 Å². The number of methoxy groups -OCH3 is 1. The van der Waals surface area contributed by atoms with E-state index in [1.165, 1.54) is 0 Å². The summed E-state index contributed by atoms with van der Waals surface area (Å²) < 4.78 is 33.8. The van der Waals surface area contributed by atoms with Crippen molar-refractivity contribution in [1.29, 1.82) is 0 Å². The Morgan fingerprint density at radius 1 is 1.08 bits per heavy atom. The summed E-state index contributed by atoms with van der Waals surface area (Å²) in [6.45, 7) is 4.38. The number of fused-ring (bicyclic) bond motifs is 1. The van der Waals surface area contributed by atoms with Crippen molar-refractivity contribution in [2.45, 2.75) is 18.9 Å². The van der Waals surface area contributed by atoms with Crippen LogP contribution in [-0.4, -0.2) is 70.4 Å². The Balaban J connectivity index is 1.21. The summed E-state index contributed by atoms with van der Waals surface area (Å²) >= 11 is 6.45. The molecular formula is C28H32ClN3O7. The first-order valence-electron chi connectivity index (χ1n) is 13.0. The predicted octanol–water partition coefficient (Wildman–Crippen LogP) is 5.03. The number of hydrogen-bond donors (Lipinski definition) is 2. The molecule has 0 spiro atoms. The molecule has 3 aromatic rings. The van der Waals surface area contributed by atoms with Crippen LogP contribution in [0.1, 0.15) is 12.8 Å². The molecule has 2 aliphatic heterocycles. The van der Waals surface area contributed by atoms with Gasteiger partial charge in [0.05, 0.1) is 56.4 Å². The maximum Gasteiger partial charge on any atom is 0.319 e. The van der Waals surface area contributed by atoms with Crippen LogP contribution in [0.5, 0.6) is 23.0 Å². The molecule has 3 heterocycles. The lowest BCUT2D eigenvalue weighted by Crippen LogP contribution is -2.36. The van der Waals surface area contributed by atoms with Crippen LogP contribution in [0.4, 0.5) is 10.5 Å². The molecule has 0 bridgehead atoms. The molecule has 2 N–H and O–H groups in total. The number of carbonyl (C=O) groups is 1. The van der Waals surface area contributed by atoms with Crippen molar-refractivity contribution in [2.24, 2.45) is 5.92 Å². The summed E-state index contributed by atoms with van der Waals surface area (Å²) in [6.07, 6.45) is 3.56. The summed E-state index contributed by atoms with van der Waals surface area (Å²) in [5, 5.41) is 6.75. The zero-order chi connectivity index (χ0) is 27.0. The highest BCUT2D eigenvalue weighted by molar-refractivity contribution is 6.33. The Morgan fingerprint density at radius 3 is 2.72 bits per heavy atom. The van der Waals surface area contributed by atoms with E-state index in [-0.39, 0.29) is 12.1 Å². The second kappa shape index (κ2) is 13.2. The molecule has 39 heavy (non-hydrogen) atoms. The van der Waals surface area contributed by atoms with Gasteiger partial charge in [0.15, 0.2) is 11.5 Å². The topological polar surface area (TPSA) is 109 Å². The third-order valence-electron chi connectivity index (χ3n) is 6.49. The SMILES string of the molecule is COc1cc2c(Oc3ccc(NC(=O)NCC4CCOC4)c(Cl)c3)ccnc2cc1OCCCOC1COC1. The number of anilines is 1. The number of ether oxygens (including phenoxy) is 6. The van der Waals surface area contributed by atoms with Gasteiger partial charge in [-0.2, -0.15) is 0 Å². The molecule has 0 aliphatic carbocycles. The first-order valence-corrected chi connectivity index (χ1v) is 13.4. The fourth-order valence-electron chi connectivity index (χ4n) is 4.23. The molecular weight excluding hydrogens is 526 g/mol. The Labute approximate surface area is 231 Å². The van der Waals surface area contributed by atoms with Crippen LogP contribution in [0.15, 0.2) is 42.6 Å². The molecule has 2 amide bonds. The minimum Gasteiger partial charge on any atom is -0.493 e. The summed E-state index contributed by atoms with van der Waals surface area (Å²) in [7, 11) is 1.59. The van der Waals surface area contributed by atoms with Gasteiger partial charge in [0.25, 0.3) is 0 Å². The summed E-state index contributed by atoms with van der Waals surface area (Å²) in [4.78, 5) is 16.8. The average Bonchev–Trinajstić information content (AvgIpc) is 3.43. The number of benzene rings is 2. The number of aromatic nitrogens is 1. The molecule has 2 aliphatic rings. The van der Waals surface area contributed by atoms with E-state index in [0.29, 0.717) is 84.7 Å². The Bertz CT molecular complexity index is 1280.